The second-order valence-electron chi connectivity index (χ2n) is 10.9. The summed E-state index contributed by atoms with van der Waals surface area (Å²) in [6, 6.07) is 14.1. The topological polar surface area (TPSA) is 134 Å². The number of aryl methyl sites for hydroxylation is 1. The number of nitrogens with zero attached hydrogens (tertiary/aromatic N) is 2. The van der Waals surface area contributed by atoms with Crippen molar-refractivity contribution in [3.63, 3.8) is 0 Å². The van der Waals surface area contributed by atoms with E-state index in [0.29, 0.717) is 12.3 Å². The molecule has 0 fully saturated rings. The molecule has 2 aromatic carbocycles. The molecule has 3 aliphatic heterocycles. The van der Waals surface area contributed by atoms with E-state index >= 15 is 0 Å². The van der Waals surface area contributed by atoms with Gasteiger partial charge in [0.15, 0.2) is 0 Å². The van der Waals surface area contributed by atoms with Gasteiger partial charge in [-0.05, 0) is 71.4 Å². The summed E-state index contributed by atoms with van der Waals surface area (Å²) < 4.78 is 38.3. The van der Waals surface area contributed by atoms with E-state index in [-0.39, 0.29) is 23.6 Å². The molecule has 206 valence electrons. The maximum absolute atomic E-state index is 12.3. The number of allylic oxidation sites excluding steroid dienone is 4. The van der Waals surface area contributed by atoms with E-state index in [0.717, 1.165) is 58.1 Å². The molecule has 10 heteroatoms. The van der Waals surface area contributed by atoms with Gasteiger partial charge < -0.3 is 9.32 Å². The average molecular weight is 560 g/mol. The van der Waals surface area contributed by atoms with Crippen molar-refractivity contribution in [2.24, 2.45) is 0 Å². The molecular weight excluding hydrogens is 530 g/mol. The Kier molecular flexibility index (Phi) is 6.27. The van der Waals surface area contributed by atoms with Crippen molar-refractivity contribution in [2.45, 2.75) is 44.9 Å². The number of rotatable bonds is 5. The van der Waals surface area contributed by atoms with E-state index < -0.39 is 26.8 Å². The van der Waals surface area contributed by atoms with E-state index in [9.17, 15) is 22.6 Å². The maximum Gasteiger partial charge on any atom is 0.351 e. The molecule has 0 atom stereocenters. The third-order valence-electron chi connectivity index (χ3n) is 7.87. The van der Waals surface area contributed by atoms with Gasteiger partial charge in [0.25, 0.3) is 15.7 Å². The van der Waals surface area contributed by atoms with Crippen LogP contribution in [0.1, 0.15) is 50.0 Å². The Morgan fingerprint density at radius 2 is 1.93 bits per heavy atom. The fourth-order valence-corrected chi connectivity index (χ4v) is 6.60. The number of nitrogens with one attached hydrogen (secondary N) is 1. The molecular formula is C30H29N3O6S. The monoisotopic (exact) mass is 559 g/mol. The third-order valence-corrected chi connectivity index (χ3v) is 8.68. The molecule has 0 saturated heterocycles. The minimum atomic E-state index is -4.08. The molecule has 0 unspecified atom stereocenters. The molecule has 4 aliphatic rings. The summed E-state index contributed by atoms with van der Waals surface area (Å²) in [5, 5.41) is 2.26. The third kappa shape index (κ3) is 4.56. The minimum Gasteiger partial charge on any atom is -0.437 e. The molecule has 1 aliphatic carbocycles. The van der Waals surface area contributed by atoms with Gasteiger partial charge >= 0.3 is 5.69 Å². The molecule has 0 radical (unpaired) electrons. The molecule has 0 spiro atoms. The smallest absolute Gasteiger partial charge is 0.351 e. The second-order valence-corrected chi connectivity index (χ2v) is 12.5. The number of H-pyrrole nitrogens is 1. The summed E-state index contributed by atoms with van der Waals surface area (Å²) in [5.41, 5.74) is 3.56. The van der Waals surface area contributed by atoms with Crippen LogP contribution in [0.4, 0.5) is 5.69 Å². The average Bonchev–Trinajstić information content (AvgIpc) is 3.11. The van der Waals surface area contributed by atoms with Gasteiger partial charge in [-0.15, -0.1) is 0 Å². The second kappa shape index (κ2) is 9.57. The molecule has 0 saturated carbocycles. The van der Waals surface area contributed by atoms with E-state index in [1.807, 2.05) is 18.2 Å². The quantitative estimate of drug-likeness (QED) is 0.337. The molecule has 0 aromatic heterocycles. The number of fused-ring (bicyclic) bond motifs is 5. The summed E-state index contributed by atoms with van der Waals surface area (Å²) >= 11 is 0. The highest BCUT2D eigenvalue weighted by Crippen LogP contribution is 2.51. The zero-order valence-corrected chi connectivity index (χ0v) is 23.0. The van der Waals surface area contributed by atoms with E-state index in [1.54, 1.807) is 6.07 Å². The number of anilines is 1. The Morgan fingerprint density at radius 3 is 2.73 bits per heavy atom. The maximum atomic E-state index is 12.3. The van der Waals surface area contributed by atoms with Crippen LogP contribution in [0.5, 0.6) is 0 Å². The number of hydrogen-bond donors (Lipinski definition) is 2. The Labute approximate surface area is 231 Å². The van der Waals surface area contributed by atoms with Crippen LogP contribution in [0.2, 0.25) is 0 Å². The van der Waals surface area contributed by atoms with Gasteiger partial charge in [-0.3, -0.25) is 14.3 Å². The molecule has 6 rings (SSSR count). The fourth-order valence-electron chi connectivity index (χ4n) is 6.11. The fraction of sp³-hybridized carbons (Fsp3) is 0.300. The van der Waals surface area contributed by atoms with Gasteiger partial charge in [0.05, 0.1) is 5.75 Å². The van der Waals surface area contributed by atoms with Crippen LogP contribution in [0.3, 0.4) is 0 Å². The lowest BCUT2D eigenvalue weighted by atomic mass is 9.81. The van der Waals surface area contributed by atoms with E-state index in [1.165, 1.54) is 0 Å². The van der Waals surface area contributed by atoms with Gasteiger partial charge in [-0.1, -0.05) is 50.3 Å². The van der Waals surface area contributed by atoms with Crippen LogP contribution < -0.4 is 16.1 Å². The summed E-state index contributed by atoms with van der Waals surface area (Å²) in [7, 11) is -4.08. The van der Waals surface area contributed by atoms with E-state index in [4.69, 9.17) is 4.42 Å². The predicted octanol–water partition coefficient (Wildman–Crippen LogP) is 4.66. The first-order valence-corrected chi connectivity index (χ1v) is 14.9. The van der Waals surface area contributed by atoms with Gasteiger partial charge in [-0.25, -0.2) is 4.79 Å². The summed E-state index contributed by atoms with van der Waals surface area (Å²) in [6.45, 7) is 4.72. The first-order chi connectivity index (χ1) is 19.0. The first-order valence-electron chi connectivity index (χ1n) is 13.3. The van der Waals surface area contributed by atoms with Crippen LogP contribution in [-0.4, -0.2) is 35.2 Å². The number of aromatic amines is 1. The number of aromatic nitrogens is 2. The normalized spacial score (nSPS) is 18.5. The molecule has 0 amide bonds. The lowest BCUT2D eigenvalue weighted by molar-refractivity contribution is 0.481. The number of benzene rings is 2. The van der Waals surface area contributed by atoms with Gasteiger partial charge in [0.2, 0.25) is 5.89 Å². The predicted molar refractivity (Wildman–Crippen MR) is 154 cm³/mol. The summed E-state index contributed by atoms with van der Waals surface area (Å²) in [5.74, 6) is 0.304. The summed E-state index contributed by atoms with van der Waals surface area (Å²) in [4.78, 5) is 32.3. The highest BCUT2D eigenvalue weighted by molar-refractivity contribution is 7.85. The van der Waals surface area contributed by atoms with Crippen molar-refractivity contribution in [2.75, 3.05) is 17.2 Å². The zero-order chi connectivity index (χ0) is 28.2. The standard InChI is InChI=1S/C30H29N3O6S/c1-30(2)24(14-12-19-8-5-9-20-17-22-27(34)31-29(35)32-28(22)39-26(19)20)33(15-6-16-40(36,37)38)23-13-11-18-7-3-4-10-21(18)25(23)30/h3-4,7,10-14,17H,5-6,8-9,15-16H2,1-2H3,(H,31,34,35)(H,36,37,38)/b19-12+,24-14+. The van der Waals surface area contributed by atoms with Crippen LogP contribution in [0.15, 0.2) is 74.3 Å². The van der Waals surface area contributed by atoms with Gasteiger partial charge in [0, 0.05) is 23.3 Å². The minimum absolute atomic E-state index is 0.0138. The Bertz CT molecular complexity index is 1920. The lowest BCUT2D eigenvalue weighted by Crippen LogP contribution is -2.28. The highest BCUT2D eigenvalue weighted by Gasteiger charge is 2.41. The van der Waals surface area contributed by atoms with Crippen molar-refractivity contribution in [3.8, 4) is 11.5 Å². The lowest BCUT2D eigenvalue weighted by Gasteiger charge is -2.27. The largest absolute Gasteiger partial charge is 0.437 e. The Hall–Kier alpha value is -4.02. The molecule has 2 aromatic rings. The van der Waals surface area contributed by atoms with Gasteiger partial charge in [0.1, 0.15) is 11.3 Å². The molecule has 2 N–H and O–H groups in total. The Balaban J connectivity index is 1.48. The summed E-state index contributed by atoms with van der Waals surface area (Å²) in [6.07, 6.45) is 6.69. The van der Waals surface area contributed by atoms with Crippen LogP contribution in [0.25, 0.3) is 27.8 Å². The highest BCUT2D eigenvalue weighted by atomic mass is 32.2. The van der Waals surface area contributed by atoms with E-state index in [2.05, 4.69) is 59.1 Å². The Morgan fingerprint density at radius 1 is 1.12 bits per heavy atom. The molecule has 9 nitrogen and oxygen atoms in total. The van der Waals surface area contributed by atoms with Gasteiger partial charge in [-0.2, -0.15) is 13.4 Å². The van der Waals surface area contributed by atoms with Crippen molar-refractivity contribution < 1.29 is 17.4 Å². The number of hydrogen-bond acceptors (Lipinski definition) is 7. The molecule has 40 heavy (non-hydrogen) atoms. The van der Waals surface area contributed by atoms with Crippen LogP contribution in [0, 0.1) is 0 Å². The first kappa shape index (κ1) is 26.2. The SMILES string of the molecule is CC1(C)/C(=C\C=C2/CCCc3cc4c(=O)[nH]c(=O)nc-4oc32)N(CCCS(=O)(=O)O)c2ccc3ccccc3c21. The van der Waals surface area contributed by atoms with Crippen molar-refractivity contribution in [3.05, 3.63) is 98.0 Å². The zero-order valence-electron chi connectivity index (χ0n) is 22.2. The van der Waals surface area contributed by atoms with Crippen molar-refractivity contribution >= 4 is 32.2 Å². The van der Waals surface area contributed by atoms with Crippen molar-refractivity contribution in [1.82, 2.24) is 9.97 Å². The van der Waals surface area contributed by atoms with Crippen LogP contribution >= 0.6 is 0 Å². The molecule has 0 bridgehead atoms. The van der Waals surface area contributed by atoms with Crippen molar-refractivity contribution in [1.29, 1.82) is 0 Å². The molecule has 3 heterocycles. The van der Waals surface area contributed by atoms with Crippen LogP contribution in [-0.2, 0) is 22.0 Å².